The highest BCUT2D eigenvalue weighted by Crippen LogP contribution is 2.39. The summed E-state index contributed by atoms with van der Waals surface area (Å²) in [5.74, 6) is 3.42. The molecular weight excluding hydrogens is 512 g/mol. The Balaban J connectivity index is 0.000000264. The first kappa shape index (κ1) is 31.1. The average Bonchev–Trinajstić information content (AvgIpc) is 3.49. The first-order chi connectivity index (χ1) is 19.7. The minimum Gasteiger partial charge on any atom is -0.388 e. The fraction of sp³-hybridized carbons (Fsp3) is 0.667. The van der Waals surface area contributed by atoms with Crippen LogP contribution in [0.3, 0.4) is 0 Å². The lowest BCUT2D eigenvalue weighted by Gasteiger charge is -2.27. The van der Waals surface area contributed by atoms with E-state index in [0.717, 1.165) is 63.9 Å². The summed E-state index contributed by atoms with van der Waals surface area (Å²) in [6, 6.07) is 2.43. The van der Waals surface area contributed by atoms with Crippen LogP contribution >= 0.6 is 0 Å². The molecule has 0 aromatic carbocycles. The number of H-pyrrole nitrogens is 1. The summed E-state index contributed by atoms with van der Waals surface area (Å²) < 4.78 is 9.71. The largest absolute Gasteiger partial charge is 0.388 e. The Morgan fingerprint density at radius 1 is 1.00 bits per heavy atom. The van der Waals surface area contributed by atoms with Gasteiger partial charge in [0, 0.05) is 70.7 Å². The number of carbonyl (C=O) groups is 1. The summed E-state index contributed by atoms with van der Waals surface area (Å²) in [4.78, 5) is 28.4. The van der Waals surface area contributed by atoms with Gasteiger partial charge in [0.25, 0.3) is 0 Å². The molecule has 2 aromatic heterocycles. The van der Waals surface area contributed by atoms with E-state index in [9.17, 15) is 4.79 Å². The monoisotopic (exact) mass is 556 g/mol. The number of nitrogens with zero attached hydrogens (tertiary/aromatic N) is 6. The Morgan fingerprint density at radius 3 is 2.23 bits per heavy atom. The highest BCUT2D eigenvalue weighted by atomic mass is 16.5. The van der Waals surface area contributed by atoms with Crippen LogP contribution < -0.4 is 25.8 Å². The third-order valence-corrected chi connectivity index (χ3v) is 6.75. The maximum atomic E-state index is 9.93. The minimum atomic E-state index is 0.372. The first-order valence-corrected chi connectivity index (χ1v) is 14.0. The molecule has 220 valence electrons. The van der Waals surface area contributed by atoms with Crippen LogP contribution in [0.1, 0.15) is 50.1 Å². The van der Waals surface area contributed by atoms with Gasteiger partial charge in [0.05, 0.1) is 13.2 Å². The van der Waals surface area contributed by atoms with Crippen molar-refractivity contribution in [3.05, 3.63) is 11.8 Å². The molecule has 1 atom stereocenters. The summed E-state index contributed by atoms with van der Waals surface area (Å²) >= 11 is 0. The molecule has 5 heterocycles. The van der Waals surface area contributed by atoms with Crippen LogP contribution in [0.5, 0.6) is 0 Å². The van der Waals surface area contributed by atoms with E-state index in [4.69, 9.17) is 9.72 Å². The number of hydrogen-bond acceptors (Lipinski definition) is 11. The summed E-state index contributed by atoms with van der Waals surface area (Å²) in [7, 11) is 3.25. The molecule has 4 fully saturated rings. The third-order valence-electron chi connectivity index (χ3n) is 6.75. The predicted octanol–water partition coefficient (Wildman–Crippen LogP) is 1.65. The van der Waals surface area contributed by atoms with Crippen LogP contribution in [0.4, 0.5) is 23.7 Å². The standard InChI is InChI=1S/C17H24N8O.C6H12N2O.C2H6O.C2H2/c1-2-6-24(5-1)16-19-15(18-14-11-13(22-23-14)12-3-4-12)20-17(21-16)25-7-9-26-10-8-25;9-5-8-6-2-1-3-7-4-6;1-3-2;1-2/h11-12H,1-10H2,(H2,18,19,20,21,22,23);5-7H,1-4H2,(H,8,9);1-2H3;1-2H/t;6-;;/m.1../s1. The molecule has 4 N–H and O–H groups in total. The predicted molar refractivity (Wildman–Crippen MR) is 156 cm³/mol. The van der Waals surface area contributed by atoms with Crippen molar-refractivity contribution in [3.8, 4) is 12.8 Å². The summed E-state index contributed by atoms with van der Waals surface area (Å²) in [5, 5.41) is 16.7. The van der Waals surface area contributed by atoms with Gasteiger partial charge in [-0.25, -0.2) is 0 Å². The van der Waals surface area contributed by atoms with E-state index in [1.165, 1.54) is 37.8 Å². The van der Waals surface area contributed by atoms with Crippen molar-refractivity contribution in [3.63, 3.8) is 0 Å². The second kappa shape index (κ2) is 17.3. The fourth-order valence-electron chi connectivity index (χ4n) is 4.58. The maximum Gasteiger partial charge on any atom is 0.235 e. The van der Waals surface area contributed by atoms with Gasteiger partial charge in [-0.1, -0.05) is 0 Å². The van der Waals surface area contributed by atoms with Gasteiger partial charge in [-0.15, -0.1) is 12.8 Å². The number of ether oxygens (including phenoxy) is 2. The average molecular weight is 557 g/mol. The number of anilines is 4. The number of nitrogens with one attached hydrogen (secondary N) is 4. The van der Waals surface area contributed by atoms with Crippen LogP contribution in [0.15, 0.2) is 6.07 Å². The molecule has 0 radical (unpaired) electrons. The van der Waals surface area contributed by atoms with Crippen molar-refractivity contribution >= 4 is 30.1 Å². The van der Waals surface area contributed by atoms with E-state index >= 15 is 0 Å². The molecule has 4 aliphatic rings. The van der Waals surface area contributed by atoms with Crippen LogP contribution in [0.2, 0.25) is 0 Å². The lowest BCUT2D eigenvalue weighted by atomic mass is 10.1. The third kappa shape index (κ3) is 9.93. The van der Waals surface area contributed by atoms with Crippen molar-refractivity contribution in [2.75, 3.05) is 81.8 Å². The number of piperidine rings is 1. The van der Waals surface area contributed by atoms with Crippen molar-refractivity contribution in [1.29, 1.82) is 0 Å². The topological polar surface area (TPSA) is 145 Å². The molecule has 1 aliphatic carbocycles. The molecule has 0 spiro atoms. The van der Waals surface area contributed by atoms with Crippen molar-refractivity contribution in [1.82, 2.24) is 35.8 Å². The van der Waals surface area contributed by atoms with E-state index in [-0.39, 0.29) is 0 Å². The smallest absolute Gasteiger partial charge is 0.235 e. The van der Waals surface area contributed by atoms with Crippen LogP contribution in [0, 0.1) is 12.8 Å². The van der Waals surface area contributed by atoms with Crippen molar-refractivity contribution in [2.24, 2.45) is 0 Å². The SMILES string of the molecule is C#C.COC.O=CN[C@@H]1CCCNC1.c1c(Nc2nc(N3CCCC3)nc(N3CCOCC3)n2)n[nH]c1C1CC1. The van der Waals surface area contributed by atoms with Gasteiger partial charge in [-0.05, 0) is 45.1 Å². The van der Waals surface area contributed by atoms with Gasteiger partial charge in [0.2, 0.25) is 24.3 Å². The Hall–Kier alpha value is -3.47. The quantitative estimate of drug-likeness (QED) is 0.292. The number of aromatic nitrogens is 5. The Morgan fingerprint density at radius 2 is 1.65 bits per heavy atom. The van der Waals surface area contributed by atoms with E-state index in [2.05, 4.69) is 69.6 Å². The van der Waals surface area contributed by atoms with Crippen LogP contribution in [-0.4, -0.2) is 104 Å². The number of morpholine rings is 1. The molecule has 6 rings (SSSR count). The molecule has 13 heteroatoms. The van der Waals surface area contributed by atoms with Gasteiger partial charge in [-0.3, -0.25) is 9.89 Å². The number of rotatable bonds is 7. The molecular formula is C27H44N10O3. The molecule has 3 saturated heterocycles. The number of hydrogen-bond donors (Lipinski definition) is 4. The lowest BCUT2D eigenvalue weighted by molar-refractivity contribution is -0.110. The molecule has 0 bridgehead atoms. The highest BCUT2D eigenvalue weighted by molar-refractivity contribution is 5.53. The van der Waals surface area contributed by atoms with E-state index in [1.54, 1.807) is 14.2 Å². The van der Waals surface area contributed by atoms with Gasteiger partial charge < -0.3 is 35.2 Å². The Bertz CT molecular complexity index is 1010. The fourth-order valence-corrected chi connectivity index (χ4v) is 4.58. The van der Waals surface area contributed by atoms with Gasteiger partial charge >= 0.3 is 0 Å². The minimum absolute atomic E-state index is 0.372. The Labute approximate surface area is 237 Å². The second-order valence-corrected chi connectivity index (χ2v) is 9.90. The summed E-state index contributed by atoms with van der Waals surface area (Å²) in [6.45, 7) is 7.04. The zero-order chi connectivity index (χ0) is 28.6. The molecule has 3 aliphatic heterocycles. The second-order valence-electron chi connectivity index (χ2n) is 9.90. The van der Waals surface area contributed by atoms with Crippen molar-refractivity contribution < 1.29 is 14.3 Å². The normalized spacial score (nSPS) is 20.1. The van der Waals surface area contributed by atoms with E-state index < -0.39 is 0 Å². The van der Waals surface area contributed by atoms with Crippen molar-refractivity contribution in [2.45, 2.75) is 50.5 Å². The lowest BCUT2D eigenvalue weighted by Crippen LogP contribution is -2.42. The van der Waals surface area contributed by atoms with E-state index in [0.29, 0.717) is 37.1 Å². The number of carbonyl (C=O) groups excluding carboxylic acids is 1. The zero-order valence-corrected chi connectivity index (χ0v) is 23.8. The van der Waals surface area contributed by atoms with Crippen LogP contribution in [-0.2, 0) is 14.3 Å². The van der Waals surface area contributed by atoms with Gasteiger partial charge in [0.15, 0.2) is 5.82 Å². The Kier molecular flexibility index (Phi) is 13.4. The number of methoxy groups -OCH3 is 1. The maximum absolute atomic E-state index is 9.93. The number of aromatic amines is 1. The highest BCUT2D eigenvalue weighted by Gasteiger charge is 2.26. The molecule has 1 saturated carbocycles. The molecule has 2 aromatic rings. The van der Waals surface area contributed by atoms with Gasteiger partial charge in [-0.2, -0.15) is 20.1 Å². The molecule has 13 nitrogen and oxygen atoms in total. The van der Waals surface area contributed by atoms with Crippen LogP contribution in [0.25, 0.3) is 0 Å². The first-order valence-electron chi connectivity index (χ1n) is 14.0. The molecule has 0 unspecified atom stereocenters. The van der Waals surface area contributed by atoms with E-state index in [1.807, 2.05) is 0 Å². The summed E-state index contributed by atoms with van der Waals surface area (Å²) in [5.41, 5.74) is 1.19. The molecule has 1 amide bonds. The van der Waals surface area contributed by atoms with Gasteiger partial charge in [0.1, 0.15) is 0 Å². The molecule has 40 heavy (non-hydrogen) atoms. The summed E-state index contributed by atoms with van der Waals surface area (Å²) in [6.07, 6.45) is 15.9. The number of amides is 1. The zero-order valence-electron chi connectivity index (χ0n) is 23.8. The number of terminal acetylenes is 1.